The topological polar surface area (TPSA) is 164 Å². The van der Waals surface area contributed by atoms with Gasteiger partial charge in [-0.15, -0.1) is 17.9 Å². The molecule has 0 radical (unpaired) electrons. The van der Waals surface area contributed by atoms with Crippen LogP contribution in [-0.4, -0.2) is 136 Å². The van der Waals surface area contributed by atoms with Gasteiger partial charge in [-0.05, 0) is 74.8 Å². The van der Waals surface area contributed by atoms with Crippen molar-refractivity contribution in [1.29, 1.82) is 0 Å². The summed E-state index contributed by atoms with van der Waals surface area (Å²) in [6.07, 6.45) is -0.893. The first-order valence-corrected chi connectivity index (χ1v) is 24.9. The van der Waals surface area contributed by atoms with Crippen LogP contribution in [0.2, 0.25) is 5.02 Å². The van der Waals surface area contributed by atoms with Crippen LogP contribution in [0.3, 0.4) is 0 Å². The smallest absolute Gasteiger partial charge is 0.401 e. The van der Waals surface area contributed by atoms with Gasteiger partial charge in [-0.25, -0.2) is 9.97 Å². The SMILES string of the molecule is C=C[C@@H]1C[C@]1(CC(=O)[C@@H]1C[C@@H](Oc2cc(-c3csc(NC(C)C)n3)nc3c(Cl)c(OCCN4CCN(CC(F)(F)F)CC4)ccc23)CN1C(=O)[C@@H](CC(=O)OC1C[C@@H]2C[C@@H]2C1)C(C)(C)C)C(=O)O. The number of hydrogen-bond acceptors (Lipinski definition) is 13. The van der Waals surface area contributed by atoms with Gasteiger partial charge in [-0.2, -0.15) is 13.2 Å². The number of amides is 1. The molecule has 2 aliphatic heterocycles. The summed E-state index contributed by atoms with van der Waals surface area (Å²) in [6.45, 7) is 14.7. The second-order valence-corrected chi connectivity index (χ2v) is 22.0. The van der Waals surface area contributed by atoms with Crippen LogP contribution in [-0.2, 0) is 23.9 Å². The summed E-state index contributed by atoms with van der Waals surface area (Å²) in [7, 11) is 0. The summed E-state index contributed by atoms with van der Waals surface area (Å²) < 4.78 is 57.7. The van der Waals surface area contributed by atoms with Gasteiger partial charge in [0.15, 0.2) is 10.9 Å². The van der Waals surface area contributed by atoms with Crippen molar-refractivity contribution < 1.29 is 51.7 Å². The molecule has 1 unspecified atom stereocenters. The molecule has 2 aromatic heterocycles. The maximum atomic E-state index is 14.9. The highest BCUT2D eigenvalue weighted by molar-refractivity contribution is 7.14. The number of aromatic nitrogens is 2. The molecule has 3 aliphatic carbocycles. The Kier molecular flexibility index (Phi) is 14.5. The molecule has 8 atom stereocenters. The molecule has 3 saturated carbocycles. The van der Waals surface area contributed by atoms with Gasteiger partial charge in [0, 0.05) is 68.4 Å². The van der Waals surface area contributed by atoms with Gasteiger partial charge < -0.3 is 29.5 Å². The van der Waals surface area contributed by atoms with Crippen LogP contribution in [0.25, 0.3) is 22.3 Å². The summed E-state index contributed by atoms with van der Waals surface area (Å²) in [6, 6.07) is 4.29. The number of rotatable bonds is 19. The van der Waals surface area contributed by atoms with Crippen molar-refractivity contribution in [3.8, 4) is 22.9 Å². The van der Waals surface area contributed by atoms with Crippen molar-refractivity contribution in [2.75, 3.05) is 57.7 Å². The lowest BCUT2D eigenvalue weighted by Crippen LogP contribution is -2.49. The first-order chi connectivity index (χ1) is 32.1. The van der Waals surface area contributed by atoms with Crippen LogP contribution in [0.1, 0.15) is 79.6 Å². The van der Waals surface area contributed by atoms with E-state index in [-0.39, 0.29) is 61.9 Å². The number of nitrogens with one attached hydrogen (secondary N) is 1. The van der Waals surface area contributed by atoms with E-state index in [1.807, 2.05) is 44.9 Å². The van der Waals surface area contributed by atoms with E-state index < -0.39 is 65.2 Å². The third-order valence-electron chi connectivity index (χ3n) is 14.3. The number of halogens is 4. The summed E-state index contributed by atoms with van der Waals surface area (Å²) in [5, 5.41) is 16.8. The Balaban J connectivity index is 1.06. The molecule has 2 saturated heterocycles. The summed E-state index contributed by atoms with van der Waals surface area (Å²) >= 11 is 8.51. The van der Waals surface area contributed by atoms with Crippen molar-refractivity contribution in [2.45, 2.75) is 110 Å². The van der Waals surface area contributed by atoms with Gasteiger partial charge >= 0.3 is 18.1 Å². The lowest BCUT2D eigenvalue weighted by molar-refractivity contribution is -0.157. The van der Waals surface area contributed by atoms with Gasteiger partial charge in [0.2, 0.25) is 5.91 Å². The van der Waals surface area contributed by atoms with Crippen molar-refractivity contribution >= 4 is 62.6 Å². The number of esters is 1. The predicted octanol–water partition coefficient (Wildman–Crippen LogP) is 8.37. The predicted molar refractivity (Wildman–Crippen MR) is 252 cm³/mol. The fourth-order valence-corrected chi connectivity index (χ4v) is 11.4. The van der Waals surface area contributed by atoms with Crippen molar-refractivity contribution in [3.63, 3.8) is 0 Å². The maximum Gasteiger partial charge on any atom is 0.401 e. The number of carbonyl (C=O) groups is 4. The molecule has 8 rings (SSSR count). The molecule has 370 valence electrons. The van der Waals surface area contributed by atoms with E-state index in [1.54, 1.807) is 24.3 Å². The molecule has 1 aromatic carbocycles. The van der Waals surface area contributed by atoms with Crippen LogP contribution < -0.4 is 14.8 Å². The number of ether oxygens (including phenoxy) is 3. The molecule has 3 aromatic rings. The number of ketones is 1. The number of aliphatic carboxylic acids is 1. The second-order valence-electron chi connectivity index (χ2n) is 20.8. The average molecular weight is 988 g/mol. The maximum absolute atomic E-state index is 14.9. The average Bonchev–Trinajstić information content (AvgIpc) is 3.93. The number of allylic oxidation sites excluding steroid dienone is 1. The monoisotopic (exact) mass is 986 g/mol. The number of alkyl halides is 3. The van der Waals surface area contributed by atoms with E-state index in [0.717, 1.165) is 12.8 Å². The molecule has 5 aliphatic rings. The Hall–Kier alpha value is -4.52. The number of pyridine rings is 1. The minimum atomic E-state index is -4.25. The Morgan fingerprint density at radius 1 is 1.00 bits per heavy atom. The van der Waals surface area contributed by atoms with Crippen LogP contribution in [0.4, 0.5) is 18.3 Å². The van der Waals surface area contributed by atoms with Crippen LogP contribution in [0.15, 0.2) is 36.2 Å². The third kappa shape index (κ3) is 11.4. The highest BCUT2D eigenvalue weighted by Gasteiger charge is 2.61. The standard InChI is InChI=1S/C49H62ClF3N6O8S/c1-7-30-22-48(30,45(63)64)23-38(60)37-19-32(24-59(37)44(62)34(47(4,5)6)20-41(61)67-31-17-28-16-29(28)18-31)66-40-21-35(36-25-68-46(56-36)54-27(2)3)55-43-33(40)8-9-39(42(43)50)65-15-14-57-10-12-58(13-11-57)26-49(51,52)53/h7-9,21,25,27-32,34,37H,1,10-20,22-24,26H2,2-6H3,(H,54,56)(H,63,64)/t28-,29+,30-,31?,32-,34-,37+,48-/m1/s1. The molecular weight excluding hydrogens is 925 g/mol. The normalized spacial score (nSPS) is 26.6. The molecule has 19 heteroatoms. The van der Waals surface area contributed by atoms with E-state index in [4.69, 9.17) is 35.8 Å². The highest BCUT2D eigenvalue weighted by Crippen LogP contribution is 2.57. The second kappa shape index (κ2) is 19.7. The summed E-state index contributed by atoms with van der Waals surface area (Å²) in [4.78, 5) is 70.1. The van der Waals surface area contributed by atoms with Crippen molar-refractivity contribution in [1.82, 2.24) is 24.7 Å². The summed E-state index contributed by atoms with van der Waals surface area (Å²) in [5.74, 6) is -1.69. The molecule has 1 amide bonds. The number of thiazole rings is 1. The van der Waals surface area contributed by atoms with Crippen molar-refractivity contribution in [3.05, 3.63) is 41.3 Å². The molecule has 5 fully saturated rings. The first kappa shape index (κ1) is 49.9. The number of carboxylic acid groups (broad SMARTS) is 1. The van der Waals surface area contributed by atoms with Crippen LogP contribution in [0.5, 0.6) is 11.5 Å². The number of anilines is 1. The van der Waals surface area contributed by atoms with Gasteiger partial charge in [0.1, 0.15) is 41.0 Å². The number of benzene rings is 1. The number of fused-ring (bicyclic) bond motifs is 2. The Labute approximate surface area is 403 Å². The summed E-state index contributed by atoms with van der Waals surface area (Å²) in [5.41, 5.74) is -0.684. The Morgan fingerprint density at radius 3 is 2.34 bits per heavy atom. The fraction of sp³-hybridized carbons (Fsp3) is 0.633. The quantitative estimate of drug-likeness (QED) is 0.0871. The number of piperazine rings is 1. The largest absolute Gasteiger partial charge is 0.491 e. The first-order valence-electron chi connectivity index (χ1n) is 23.7. The van der Waals surface area contributed by atoms with Gasteiger partial charge in [0.05, 0.1) is 48.1 Å². The molecule has 0 bridgehead atoms. The number of carbonyl (C=O) groups excluding carboxylic acids is 3. The van der Waals surface area contributed by atoms with E-state index in [0.29, 0.717) is 83.5 Å². The molecule has 2 N–H and O–H groups in total. The molecule has 14 nitrogen and oxygen atoms in total. The van der Waals surface area contributed by atoms with Gasteiger partial charge in [-0.1, -0.05) is 38.4 Å². The van der Waals surface area contributed by atoms with Crippen LogP contribution in [0, 0.1) is 34.5 Å². The number of Topliss-reactive ketones (excluding diaryl/α,β-unsaturated/α-hetero) is 1. The number of hydrogen-bond donors (Lipinski definition) is 2. The van der Waals surface area contributed by atoms with E-state index in [2.05, 4.69) is 11.9 Å². The minimum Gasteiger partial charge on any atom is -0.491 e. The Bertz CT molecular complexity index is 2390. The van der Waals surface area contributed by atoms with E-state index >= 15 is 0 Å². The van der Waals surface area contributed by atoms with Gasteiger partial charge in [-0.3, -0.25) is 29.0 Å². The Morgan fingerprint density at radius 2 is 1.71 bits per heavy atom. The fourth-order valence-electron chi connectivity index (χ4n) is 10.3. The van der Waals surface area contributed by atoms with E-state index in [1.165, 1.54) is 27.6 Å². The van der Waals surface area contributed by atoms with Gasteiger partial charge in [0.25, 0.3) is 0 Å². The zero-order chi connectivity index (χ0) is 48.9. The van der Waals surface area contributed by atoms with E-state index in [9.17, 15) is 37.5 Å². The highest BCUT2D eigenvalue weighted by atomic mass is 35.5. The molecular formula is C49H62ClF3N6O8S. The minimum absolute atomic E-state index is 0.0223. The lowest BCUT2D eigenvalue weighted by Gasteiger charge is -2.35. The third-order valence-corrected chi connectivity index (χ3v) is 15.5. The number of nitrogens with zero attached hydrogens (tertiary/aromatic N) is 5. The molecule has 0 spiro atoms. The number of carboxylic acids is 1. The van der Waals surface area contributed by atoms with Crippen LogP contribution >= 0.6 is 22.9 Å². The number of likely N-dealkylation sites (tertiary alicyclic amines) is 1. The molecule has 4 heterocycles. The van der Waals surface area contributed by atoms with Crippen molar-refractivity contribution in [2.24, 2.45) is 34.5 Å². The zero-order valence-electron chi connectivity index (χ0n) is 39.3. The lowest BCUT2D eigenvalue weighted by atomic mass is 9.77. The molecule has 68 heavy (non-hydrogen) atoms. The zero-order valence-corrected chi connectivity index (χ0v) is 40.9.